The van der Waals surface area contributed by atoms with Gasteiger partial charge in [0.15, 0.2) is 5.78 Å². The Morgan fingerprint density at radius 2 is 2.00 bits per heavy atom. The summed E-state index contributed by atoms with van der Waals surface area (Å²) in [6, 6.07) is 0. The summed E-state index contributed by atoms with van der Waals surface area (Å²) in [7, 11) is 0. The third kappa shape index (κ3) is 3.13. The average molecular weight is 194 g/mol. The Kier molecular flexibility index (Phi) is 4.82. The van der Waals surface area contributed by atoms with Crippen molar-refractivity contribution < 1.29 is 4.79 Å². The van der Waals surface area contributed by atoms with Crippen LogP contribution in [-0.4, -0.2) is 5.78 Å². The molecule has 0 amide bonds. The van der Waals surface area contributed by atoms with Gasteiger partial charge in [0, 0.05) is 5.41 Å². The fourth-order valence-electron chi connectivity index (χ4n) is 1.44. The van der Waals surface area contributed by atoms with Crippen LogP contribution in [0.25, 0.3) is 0 Å². The minimum Gasteiger partial charge on any atom is -0.295 e. The van der Waals surface area contributed by atoms with Crippen molar-refractivity contribution in [2.75, 3.05) is 0 Å². The van der Waals surface area contributed by atoms with Crippen LogP contribution in [0.2, 0.25) is 0 Å². The van der Waals surface area contributed by atoms with Gasteiger partial charge in [-0.2, -0.15) is 0 Å². The lowest BCUT2D eigenvalue weighted by molar-refractivity contribution is -0.112. The zero-order valence-corrected chi connectivity index (χ0v) is 10.1. The van der Waals surface area contributed by atoms with Crippen molar-refractivity contribution in [2.45, 2.75) is 41.0 Å². The van der Waals surface area contributed by atoms with Gasteiger partial charge in [0.1, 0.15) is 0 Å². The van der Waals surface area contributed by atoms with Crippen molar-refractivity contribution in [2.24, 2.45) is 11.3 Å². The maximum atomic E-state index is 10.9. The smallest absolute Gasteiger partial charge is 0.152 e. The van der Waals surface area contributed by atoms with Crippen molar-refractivity contribution in [1.82, 2.24) is 0 Å². The van der Waals surface area contributed by atoms with E-state index < -0.39 is 0 Å². The summed E-state index contributed by atoms with van der Waals surface area (Å²) in [4.78, 5) is 10.9. The third-order valence-electron chi connectivity index (χ3n) is 3.22. The Bertz CT molecular complexity index is 250. The van der Waals surface area contributed by atoms with Gasteiger partial charge in [0.05, 0.1) is 0 Å². The molecule has 2 atom stereocenters. The van der Waals surface area contributed by atoms with Crippen LogP contribution >= 0.6 is 0 Å². The molecule has 0 aliphatic rings. The second-order valence-electron chi connectivity index (χ2n) is 4.32. The summed E-state index contributed by atoms with van der Waals surface area (Å²) in [5.41, 5.74) is 1.06. The monoisotopic (exact) mass is 194 g/mol. The zero-order chi connectivity index (χ0) is 11.4. The molecule has 1 heteroatoms. The molecule has 0 aliphatic heterocycles. The summed E-state index contributed by atoms with van der Waals surface area (Å²) in [5.74, 6) is 0.608. The molecule has 0 radical (unpaired) electrons. The number of ketones is 1. The maximum absolute atomic E-state index is 10.9. The van der Waals surface area contributed by atoms with Gasteiger partial charge in [0.25, 0.3) is 0 Å². The van der Waals surface area contributed by atoms with Gasteiger partial charge >= 0.3 is 0 Å². The molecule has 0 aliphatic carbocycles. The second-order valence-corrected chi connectivity index (χ2v) is 4.32. The molecule has 0 aromatic heterocycles. The van der Waals surface area contributed by atoms with Crippen LogP contribution in [0.3, 0.4) is 0 Å². The van der Waals surface area contributed by atoms with E-state index in [1.54, 1.807) is 13.0 Å². The Morgan fingerprint density at radius 1 is 1.50 bits per heavy atom. The van der Waals surface area contributed by atoms with Crippen LogP contribution in [-0.2, 0) is 4.79 Å². The standard InChI is InChI=1S/C13H22O/c1-7-11(4)13(6,10(2)3)9-8-12(5)14/h8-9,11H,2,7H2,1,3-6H3/b9-8-. The Morgan fingerprint density at radius 3 is 2.29 bits per heavy atom. The summed E-state index contributed by atoms with van der Waals surface area (Å²) in [6.45, 7) is 14.1. The second kappa shape index (κ2) is 5.14. The summed E-state index contributed by atoms with van der Waals surface area (Å²) >= 11 is 0. The van der Waals surface area contributed by atoms with E-state index in [1.165, 1.54) is 0 Å². The van der Waals surface area contributed by atoms with Crippen LogP contribution in [0.4, 0.5) is 0 Å². The first kappa shape index (κ1) is 13.2. The molecule has 1 nitrogen and oxygen atoms in total. The lowest BCUT2D eigenvalue weighted by Gasteiger charge is -2.33. The van der Waals surface area contributed by atoms with Crippen molar-refractivity contribution in [3.8, 4) is 0 Å². The van der Waals surface area contributed by atoms with Gasteiger partial charge in [-0.25, -0.2) is 0 Å². The first-order chi connectivity index (χ1) is 6.34. The van der Waals surface area contributed by atoms with E-state index in [4.69, 9.17) is 0 Å². The fraction of sp³-hybridized carbons (Fsp3) is 0.615. The first-order valence-electron chi connectivity index (χ1n) is 5.20. The number of carbonyl (C=O) groups is 1. The number of hydrogen-bond acceptors (Lipinski definition) is 1. The molecule has 2 unspecified atom stereocenters. The molecule has 0 aromatic carbocycles. The van der Waals surface area contributed by atoms with Crippen LogP contribution in [0, 0.1) is 11.3 Å². The molecular weight excluding hydrogens is 172 g/mol. The van der Waals surface area contributed by atoms with Gasteiger partial charge in [-0.3, -0.25) is 4.79 Å². The van der Waals surface area contributed by atoms with E-state index in [9.17, 15) is 4.79 Å². The van der Waals surface area contributed by atoms with Crippen molar-refractivity contribution >= 4 is 5.78 Å². The van der Waals surface area contributed by atoms with Crippen LogP contribution in [0.1, 0.15) is 41.0 Å². The fourth-order valence-corrected chi connectivity index (χ4v) is 1.44. The van der Waals surface area contributed by atoms with Gasteiger partial charge in [-0.15, -0.1) is 0 Å². The quantitative estimate of drug-likeness (QED) is 0.481. The van der Waals surface area contributed by atoms with Gasteiger partial charge in [0.2, 0.25) is 0 Å². The van der Waals surface area contributed by atoms with Crippen molar-refractivity contribution in [3.05, 3.63) is 24.3 Å². The normalized spacial score (nSPS) is 17.8. The van der Waals surface area contributed by atoms with Gasteiger partial charge < -0.3 is 0 Å². The molecule has 0 heterocycles. The summed E-state index contributed by atoms with van der Waals surface area (Å²) in [6.07, 6.45) is 4.73. The number of carbonyl (C=O) groups excluding carboxylic acids is 1. The SMILES string of the molecule is C=C(C)C(C)(/C=C\C(C)=O)C(C)CC. The molecule has 80 valence electrons. The molecule has 0 fully saturated rings. The Balaban J connectivity index is 4.91. The number of hydrogen-bond donors (Lipinski definition) is 0. The van der Waals surface area contributed by atoms with E-state index in [2.05, 4.69) is 27.4 Å². The predicted octanol–water partition coefficient (Wildman–Crippen LogP) is 3.76. The molecular formula is C13H22O. The first-order valence-corrected chi connectivity index (χ1v) is 5.20. The molecule has 0 spiro atoms. The van der Waals surface area contributed by atoms with E-state index in [0.29, 0.717) is 5.92 Å². The maximum Gasteiger partial charge on any atom is 0.152 e. The molecule has 0 rings (SSSR count). The largest absolute Gasteiger partial charge is 0.295 e. The highest BCUT2D eigenvalue weighted by atomic mass is 16.1. The Labute approximate surface area is 87.9 Å². The lowest BCUT2D eigenvalue weighted by Crippen LogP contribution is -2.23. The lowest BCUT2D eigenvalue weighted by atomic mass is 9.72. The number of allylic oxidation sites excluding steroid dienone is 3. The molecule has 14 heavy (non-hydrogen) atoms. The minimum atomic E-state index is -0.0551. The van der Waals surface area contributed by atoms with E-state index in [-0.39, 0.29) is 11.2 Å². The Hall–Kier alpha value is -0.850. The molecule has 0 aromatic rings. The highest BCUT2D eigenvalue weighted by molar-refractivity contribution is 5.87. The average Bonchev–Trinajstić information content (AvgIpc) is 2.12. The van der Waals surface area contributed by atoms with Crippen molar-refractivity contribution in [3.63, 3.8) is 0 Å². The van der Waals surface area contributed by atoms with E-state index >= 15 is 0 Å². The van der Waals surface area contributed by atoms with Crippen LogP contribution in [0.5, 0.6) is 0 Å². The summed E-state index contributed by atoms with van der Waals surface area (Å²) < 4.78 is 0. The third-order valence-corrected chi connectivity index (χ3v) is 3.22. The van der Waals surface area contributed by atoms with Crippen molar-refractivity contribution in [1.29, 1.82) is 0 Å². The minimum absolute atomic E-state index is 0.0551. The number of rotatable bonds is 5. The van der Waals surface area contributed by atoms with Crippen LogP contribution in [0.15, 0.2) is 24.3 Å². The summed E-state index contributed by atoms with van der Waals surface area (Å²) in [5, 5.41) is 0. The zero-order valence-electron chi connectivity index (χ0n) is 10.1. The van der Waals surface area contributed by atoms with E-state index in [1.807, 2.05) is 13.0 Å². The van der Waals surface area contributed by atoms with Gasteiger partial charge in [-0.05, 0) is 25.8 Å². The molecule has 0 saturated carbocycles. The van der Waals surface area contributed by atoms with Gasteiger partial charge in [-0.1, -0.05) is 45.4 Å². The highest BCUT2D eigenvalue weighted by Crippen LogP contribution is 2.37. The van der Waals surface area contributed by atoms with E-state index in [0.717, 1.165) is 12.0 Å². The topological polar surface area (TPSA) is 17.1 Å². The predicted molar refractivity (Wildman–Crippen MR) is 62.2 cm³/mol. The molecule has 0 bridgehead atoms. The van der Waals surface area contributed by atoms with Crippen LogP contribution < -0.4 is 0 Å². The highest BCUT2D eigenvalue weighted by Gasteiger charge is 2.27. The molecule has 0 saturated heterocycles. The molecule has 0 N–H and O–H groups in total.